The van der Waals surface area contributed by atoms with Gasteiger partial charge < -0.3 is 10.2 Å². The van der Waals surface area contributed by atoms with Gasteiger partial charge in [-0.25, -0.2) is 8.42 Å². The molecular weight excluding hydrogens is 382 g/mol. The van der Waals surface area contributed by atoms with E-state index in [4.69, 9.17) is 0 Å². The average molecular weight is 395 g/mol. The van der Waals surface area contributed by atoms with Crippen LogP contribution in [-0.4, -0.2) is 30.2 Å². The number of benzene rings is 3. The van der Waals surface area contributed by atoms with Gasteiger partial charge in [0.25, 0.3) is 10.0 Å². The Kier molecular flexibility index (Phi) is 3.93. The van der Waals surface area contributed by atoms with Crippen molar-refractivity contribution in [2.24, 2.45) is 0 Å². The van der Waals surface area contributed by atoms with E-state index < -0.39 is 38.8 Å². The summed E-state index contributed by atoms with van der Waals surface area (Å²) >= 11 is 0. The molecule has 0 saturated heterocycles. The minimum absolute atomic E-state index is 0.0700. The largest absolute Gasteiger partial charge is 0.504 e. The number of fused-ring (bicyclic) bond motifs is 2. The highest BCUT2D eigenvalue weighted by molar-refractivity contribution is 7.92. The molecule has 1 aliphatic rings. The summed E-state index contributed by atoms with van der Waals surface area (Å²) in [5, 5.41) is 20.6. The van der Waals surface area contributed by atoms with Gasteiger partial charge in [0.05, 0.1) is 16.1 Å². The zero-order valence-electron chi connectivity index (χ0n) is 14.2. The number of aromatic hydroxyl groups is 2. The predicted molar refractivity (Wildman–Crippen MR) is 100 cm³/mol. The van der Waals surface area contributed by atoms with Crippen LogP contribution in [0.25, 0.3) is 0 Å². The Hall–Kier alpha value is -3.65. The van der Waals surface area contributed by atoms with E-state index >= 15 is 0 Å². The normalized spacial score (nSPS) is 13.0. The van der Waals surface area contributed by atoms with Crippen molar-refractivity contribution in [3.63, 3.8) is 0 Å². The van der Waals surface area contributed by atoms with E-state index in [1.165, 1.54) is 36.4 Å². The molecule has 0 aliphatic heterocycles. The first kappa shape index (κ1) is 17.7. The Bertz CT molecular complexity index is 1250. The maximum Gasteiger partial charge on any atom is 0.262 e. The third kappa shape index (κ3) is 2.62. The van der Waals surface area contributed by atoms with Crippen molar-refractivity contribution in [1.29, 1.82) is 0 Å². The second-order valence-corrected chi connectivity index (χ2v) is 7.85. The van der Waals surface area contributed by atoms with Crippen molar-refractivity contribution >= 4 is 27.3 Å². The summed E-state index contributed by atoms with van der Waals surface area (Å²) in [5.74, 6) is -2.87. The monoisotopic (exact) mass is 395 g/mol. The van der Waals surface area contributed by atoms with Crippen LogP contribution in [0.5, 0.6) is 11.5 Å². The first-order valence-electron chi connectivity index (χ1n) is 8.16. The zero-order valence-corrected chi connectivity index (χ0v) is 15.0. The molecule has 0 amide bonds. The maximum absolute atomic E-state index is 12.8. The molecule has 0 saturated carbocycles. The van der Waals surface area contributed by atoms with Gasteiger partial charge in [-0.2, -0.15) is 0 Å². The number of carbonyl (C=O) groups excluding carboxylic acids is 2. The van der Waals surface area contributed by atoms with Crippen LogP contribution in [0.15, 0.2) is 65.6 Å². The third-order valence-electron chi connectivity index (χ3n) is 4.46. The molecule has 0 bridgehead atoms. The average Bonchev–Trinajstić information content (AvgIpc) is 2.70. The minimum Gasteiger partial charge on any atom is -0.504 e. The van der Waals surface area contributed by atoms with Gasteiger partial charge in [-0.1, -0.05) is 42.5 Å². The summed E-state index contributed by atoms with van der Waals surface area (Å²) in [4.78, 5) is 25.4. The predicted octanol–water partition coefficient (Wildman–Crippen LogP) is 2.67. The van der Waals surface area contributed by atoms with E-state index in [0.29, 0.717) is 0 Å². The maximum atomic E-state index is 12.8. The van der Waals surface area contributed by atoms with Crippen molar-refractivity contribution in [2.45, 2.75) is 4.90 Å². The third-order valence-corrected chi connectivity index (χ3v) is 5.84. The van der Waals surface area contributed by atoms with Gasteiger partial charge in [-0.3, -0.25) is 14.3 Å². The Morgan fingerprint density at radius 1 is 0.714 bits per heavy atom. The first-order chi connectivity index (χ1) is 13.3. The molecule has 0 atom stereocenters. The van der Waals surface area contributed by atoms with Crippen LogP contribution in [0, 0.1) is 0 Å². The van der Waals surface area contributed by atoms with Crippen molar-refractivity contribution in [3.05, 3.63) is 82.9 Å². The van der Waals surface area contributed by atoms with Gasteiger partial charge in [-0.05, 0) is 18.2 Å². The second-order valence-electron chi connectivity index (χ2n) is 6.17. The lowest BCUT2D eigenvalue weighted by Gasteiger charge is -2.20. The lowest BCUT2D eigenvalue weighted by Crippen LogP contribution is -2.22. The molecule has 8 heteroatoms. The van der Waals surface area contributed by atoms with Crippen LogP contribution in [0.2, 0.25) is 0 Å². The number of hydrogen-bond donors (Lipinski definition) is 3. The quantitative estimate of drug-likeness (QED) is 0.459. The van der Waals surface area contributed by atoms with Crippen LogP contribution < -0.4 is 4.72 Å². The molecule has 0 spiro atoms. The lowest BCUT2D eigenvalue weighted by atomic mass is 9.83. The molecule has 0 radical (unpaired) electrons. The fraction of sp³-hybridized carbons (Fsp3) is 0. The van der Waals surface area contributed by atoms with Gasteiger partial charge >= 0.3 is 0 Å². The van der Waals surface area contributed by atoms with Crippen LogP contribution in [0.1, 0.15) is 31.8 Å². The van der Waals surface area contributed by atoms with Crippen molar-refractivity contribution < 1.29 is 28.2 Å². The number of carbonyl (C=O) groups is 2. The molecule has 0 aromatic heterocycles. The summed E-state index contributed by atoms with van der Waals surface area (Å²) in [7, 11) is -4.09. The van der Waals surface area contributed by atoms with Gasteiger partial charge in [0, 0.05) is 16.7 Å². The number of ketones is 2. The topological polar surface area (TPSA) is 121 Å². The van der Waals surface area contributed by atoms with E-state index in [2.05, 4.69) is 4.72 Å². The highest BCUT2D eigenvalue weighted by Crippen LogP contribution is 2.43. The Labute approximate surface area is 159 Å². The van der Waals surface area contributed by atoms with E-state index in [0.717, 1.165) is 6.07 Å². The highest BCUT2D eigenvalue weighted by atomic mass is 32.2. The zero-order chi connectivity index (χ0) is 20.1. The van der Waals surface area contributed by atoms with Crippen LogP contribution in [-0.2, 0) is 10.0 Å². The van der Waals surface area contributed by atoms with Gasteiger partial charge in [-0.15, -0.1) is 0 Å². The summed E-state index contributed by atoms with van der Waals surface area (Å²) in [6, 6.07) is 14.5. The van der Waals surface area contributed by atoms with Crippen molar-refractivity contribution in [2.75, 3.05) is 4.72 Å². The minimum atomic E-state index is -4.09. The van der Waals surface area contributed by atoms with Crippen molar-refractivity contribution in [1.82, 2.24) is 0 Å². The van der Waals surface area contributed by atoms with Crippen LogP contribution >= 0.6 is 0 Å². The second kappa shape index (κ2) is 6.21. The summed E-state index contributed by atoms with van der Waals surface area (Å²) in [5.41, 5.74) is -0.705. The van der Waals surface area contributed by atoms with Crippen LogP contribution in [0.3, 0.4) is 0 Å². The number of nitrogens with one attached hydrogen (secondary N) is 1. The molecule has 0 unspecified atom stereocenters. The fourth-order valence-electron chi connectivity index (χ4n) is 3.11. The van der Waals surface area contributed by atoms with Gasteiger partial charge in [0.1, 0.15) is 0 Å². The van der Waals surface area contributed by atoms with Crippen molar-refractivity contribution in [3.8, 4) is 11.5 Å². The molecule has 1 aliphatic carbocycles. The Morgan fingerprint density at radius 3 is 1.93 bits per heavy atom. The summed E-state index contributed by atoms with van der Waals surface area (Å²) in [6.07, 6.45) is 0. The molecule has 0 heterocycles. The number of hydrogen-bond acceptors (Lipinski definition) is 6. The molecule has 0 fully saturated rings. The molecule has 140 valence electrons. The Morgan fingerprint density at radius 2 is 1.29 bits per heavy atom. The lowest BCUT2D eigenvalue weighted by molar-refractivity contribution is 0.0976. The van der Waals surface area contributed by atoms with E-state index in [1.807, 2.05) is 0 Å². The van der Waals surface area contributed by atoms with E-state index in [1.54, 1.807) is 18.2 Å². The number of anilines is 1. The van der Waals surface area contributed by atoms with E-state index in [9.17, 15) is 28.2 Å². The smallest absolute Gasteiger partial charge is 0.262 e. The highest BCUT2D eigenvalue weighted by Gasteiger charge is 2.34. The molecule has 7 nitrogen and oxygen atoms in total. The molecule has 3 aromatic rings. The number of sulfonamides is 1. The SMILES string of the molecule is O=C1c2ccccc2C(=O)c2c1cc(NS(=O)(=O)c1ccccc1)c(O)c2O. The molecule has 28 heavy (non-hydrogen) atoms. The van der Waals surface area contributed by atoms with Crippen LogP contribution in [0.4, 0.5) is 5.69 Å². The first-order valence-corrected chi connectivity index (χ1v) is 9.65. The summed E-state index contributed by atoms with van der Waals surface area (Å²) < 4.78 is 27.2. The van der Waals surface area contributed by atoms with E-state index in [-0.39, 0.29) is 27.1 Å². The summed E-state index contributed by atoms with van der Waals surface area (Å²) in [6.45, 7) is 0. The fourth-order valence-corrected chi connectivity index (χ4v) is 4.19. The molecule has 3 N–H and O–H groups in total. The number of rotatable bonds is 3. The van der Waals surface area contributed by atoms with Gasteiger partial charge in [0.15, 0.2) is 23.1 Å². The number of phenolic OH excluding ortho intramolecular Hbond substituents is 2. The van der Waals surface area contributed by atoms with Gasteiger partial charge in [0.2, 0.25) is 0 Å². The molecule has 4 rings (SSSR count). The molecular formula is C20H13NO6S. The number of phenols is 2. The molecule has 3 aromatic carbocycles. The standard InChI is InChI=1S/C20H13NO6S/c22-17-12-8-4-5-9-13(12)18(23)16-14(17)10-15(19(24)20(16)25)21-28(26,27)11-6-2-1-3-7-11/h1-10,21,24-25H. The Balaban J connectivity index is 1.86.